The molecule has 0 bridgehead atoms. The van der Waals surface area contributed by atoms with Crippen LogP contribution in [0, 0.1) is 0 Å². The summed E-state index contributed by atoms with van der Waals surface area (Å²) >= 11 is 0. The summed E-state index contributed by atoms with van der Waals surface area (Å²) in [5, 5.41) is 10.7. The molecule has 1 unspecified atom stereocenters. The molecule has 0 amide bonds. The van der Waals surface area contributed by atoms with Gasteiger partial charge in [-0.1, -0.05) is 37.6 Å². The van der Waals surface area contributed by atoms with Gasteiger partial charge in [0, 0.05) is 24.2 Å². The maximum absolute atomic E-state index is 13.0. The van der Waals surface area contributed by atoms with Crippen LogP contribution in [0.2, 0.25) is 0 Å². The van der Waals surface area contributed by atoms with E-state index in [0.29, 0.717) is 29.2 Å². The van der Waals surface area contributed by atoms with Gasteiger partial charge in [-0.3, -0.25) is 4.31 Å². The van der Waals surface area contributed by atoms with Crippen LogP contribution >= 0.6 is 0 Å². The van der Waals surface area contributed by atoms with Gasteiger partial charge in [0.1, 0.15) is 11.9 Å². The highest BCUT2D eigenvalue weighted by Crippen LogP contribution is 2.40. The minimum absolute atomic E-state index is 0.0858. The van der Waals surface area contributed by atoms with Crippen molar-refractivity contribution >= 4 is 15.7 Å². The Morgan fingerprint density at radius 3 is 2.67 bits per heavy atom. The van der Waals surface area contributed by atoms with E-state index in [1.807, 2.05) is 0 Å². The minimum atomic E-state index is -3.76. The first-order chi connectivity index (χ1) is 11.5. The number of para-hydroxylation sites is 1. The van der Waals surface area contributed by atoms with Gasteiger partial charge in [0.15, 0.2) is 0 Å². The molecule has 1 aliphatic heterocycles. The number of hydrogen-bond acceptors (Lipinski definition) is 4. The Balaban J connectivity index is 2.12. The summed E-state index contributed by atoms with van der Waals surface area (Å²) in [6.07, 6.45) is 0.901. The molecule has 1 atom stereocenters. The summed E-state index contributed by atoms with van der Waals surface area (Å²) in [5.74, 6) is 0.498. The van der Waals surface area contributed by atoms with Crippen molar-refractivity contribution < 1.29 is 18.3 Å². The van der Waals surface area contributed by atoms with Crippen LogP contribution in [0.4, 0.5) is 5.69 Å². The average molecular weight is 347 g/mol. The van der Waals surface area contributed by atoms with Crippen molar-refractivity contribution in [3.63, 3.8) is 0 Å². The molecule has 1 heterocycles. The summed E-state index contributed by atoms with van der Waals surface area (Å²) in [6, 6.07) is 11.8. The molecule has 1 aliphatic rings. The van der Waals surface area contributed by atoms with Gasteiger partial charge >= 0.3 is 0 Å². The van der Waals surface area contributed by atoms with Crippen molar-refractivity contribution in [2.45, 2.75) is 30.8 Å². The monoisotopic (exact) mass is 347 g/mol. The first-order valence-corrected chi connectivity index (χ1v) is 9.43. The van der Waals surface area contributed by atoms with E-state index in [2.05, 4.69) is 6.92 Å². The molecule has 6 heteroatoms. The average Bonchev–Trinajstić information content (AvgIpc) is 2.65. The van der Waals surface area contributed by atoms with E-state index in [1.54, 1.807) is 36.4 Å². The van der Waals surface area contributed by atoms with Gasteiger partial charge in [0.2, 0.25) is 0 Å². The zero-order valence-electron chi connectivity index (χ0n) is 13.8. The number of ether oxygens (including phenoxy) is 1. The fourth-order valence-corrected chi connectivity index (χ4v) is 4.30. The molecule has 24 heavy (non-hydrogen) atoms. The number of hydrogen-bond donors (Lipinski definition) is 1. The van der Waals surface area contributed by atoms with E-state index in [-0.39, 0.29) is 4.90 Å². The normalized spacial score (nSPS) is 18.5. The van der Waals surface area contributed by atoms with Crippen LogP contribution in [0.25, 0.3) is 0 Å². The predicted octanol–water partition coefficient (Wildman–Crippen LogP) is 3.09. The van der Waals surface area contributed by atoms with Crippen LogP contribution in [0.5, 0.6) is 5.75 Å². The lowest BCUT2D eigenvalue weighted by Crippen LogP contribution is -2.26. The Bertz CT molecular complexity index is 848. The maximum atomic E-state index is 13.0. The predicted molar refractivity (Wildman–Crippen MR) is 92.9 cm³/mol. The van der Waals surface area contributed by atoms with Gasteiger partial charge in [-0.05, 0) is 18.6 Å². The molecule has 0 radical (unpaired) electrons. The van der Waals surface area contributed by atoms with Crippen molar-refractivity contribution in [2.75, 3.05) is 18.0 Å². The van der Waals surface area contributed by atoms with Gasteiger partial charge in [0.05, 0.1) is 17.2 Å². The highest BCUT2D eigenvalue weighted by Gasteiger charge is 2.34. The number of nitrogens with zero attached hydrogens (tertiary/aromatic N) is 1. The molecule has 0 spiro atoms. The third kappa shape index (κ3) is 2.76. The van der Waals surface area contributed by atoms with E-state index >= 15 is 0 Å². The molecule has 1 N–H and O–H groups in total. The van der Waals surface area contributed by atoms with Crippen LogP contribution in [-0.4, -0.2) is 27.2 Å². The molecular formula is C18H21NO4S. The number of fused-ring (bicyclic) bond motifs is 2. The highest BCUT2D eigenvalue weighted by atomic mass is 32.2. The Labute approximate surface area is 142 Å². The second-order valence-electron chi connectivity index (χ2n) is 5.84. The second kappa shape index (κ2) is 6.45. The SMILES string of the molecule is CCCCOc1ccc2c(c1)S(=O)(=O)N(C)c1ccccc1C2O. The number of rotatable bonds is 4. The topological polar surface area (TPSA) is 66.8 Å². The number of aliphatic hydroxyl groups excluding tert-OH is 1. The first kappa shape index (κ1) is 16.8. The molecule has 0 aliphatic carbocycles. The smallest absolute Gasteiger partial charge is 0.264 e. The lowest BCUT2D eigenvalue weighted by Gasteiger charge is -2.19. The molecule has 3 rings (SSSR count). The van der Waals surface area contributed by atoms with Crippen molar-refractivity contribution in [1.29, 1.82) is 0 Å². The van der Waals surface area contributed by atoms with Crippen molar-refractivity contribution in [1.82, 2.24) is 0 Å². The number of sulfonamides is 1. The fourth-order valence-electron chi connectivity index (χ4n) is 2.84. The lowest BCUT2D eigenvalue weighted by atomic mass is 10.00. The quantitative estimate of drug-likeness (QED) is 0.863. The summed E-state index contributed by atoms with van der Waals surface area (Å²) in [7, 11) is -2.26. The molecule has 0 aromatic heterocycles. The Morgan fingerprint density at radius 2 is 1.92 bits per heavy atom. The standard InChI is InChI=1S/C18H21NO4S/c1-3-4-11-23-13-9-10-15-17(12-13)24(21,22)19(2)16-8-6-5-7-14(16)18(15)20/h5-10,12,18,20H,3-4,11H2,1-2H3. The first-order valence-electron chi connectivity index (χ1n) is 7.99. The summed E-state index contributed by atoms with van der Waals surface area (Å²) in [5.41, 5.74) is 1.42. The van der Waals surface area contributed by atoms with E-state index in [4.69, 9.17) is 4.74 Å². The Hall–Kier alpha value is -2.05. The van der Waals surface area contributed by atoms with E-state index in [0.717, 1.165) is 12.8 Å². The van der Waals surface area contributed by atoms with Crippen LogP contribution < -0.4 is 9.04 Å². The largest absolute Gasteiger partial charge is 0.494 e. The molecule has 5 nitrogen and oxygen atoms in total. The van der Waals surface area contributed by atoms with Gasteiger partial charge in [-0.15, -0.1) is 0 Å². The molecule has 128 valence electrons. The number of unbranched alkanes of at least 4 members (excludes halogenated alkanes) is 1. The van der Waals surface area contributed by atoms with Crippen molar-refractivity contribution in [3.8, 4) is 5.75 Å². The van der Waals surface area contributed by atoms with Gasteiger partial charge in [-0.2, -0.15) is 0 Å². The number of aliphatic hydroxyl groups is 1. The summed E-state index contributed by atoms with van der Waals surface area (Å²) < 4.78 is 32.8. The van der Waals surface area contributed by atoms with Gasteiger partial charge < -0.3 is 9.84 Å². The van der Waals surface area contributed by atoms with E-state index in [9.17, 15) is 13.5 Å². The molecular weight excluding hydrogens is 326 g/mol. The van der Waals surface area contributed by atoms with Crippen molar-refractivity contribution in [2.24, 2.45) is 0 Å². The van der Waals surface area contributed by atoms with Gasteiger partial charge in [-0.25, -0.2) is 8.42 Å². The van der Waals surface area contributed by atoms with Gasteiger partial charge in [0.25, 0.3) is 10.0 Å². The number of anilines is 1. The fraction of sp³-hybridized carbons (Fsp3) is 0.333. The third-order valence-corrected chi connectivity index (χ3v) is 6.08. The lowest BCUT2D eigenvalue weighted by molar-refractivity contribution is 0.218. The van der Waals surface area contributed by atoms with E-state index in [1.165, 1.54) is 17.4 Å². The van der Waals surface area contributed by atoms with Crippen LogP contribution in [-0.2, 0) is 10.0 Å². The van der Waals surface area contributed by atoms with Crippen LogP contribution in [0.15, 0.2) is 47.4 Å². The zero-order valence-corrected chi connectivity index (χ0v) is 14.6. The summed E-state index contributed by atoms with van der Waals surface area (Å²) in [6.45, 7) is 2.60. The number of benzene rings is 2. The van der Waals surface area contributed by atoms with E-state index < -0.39 is 16.1 Å². The highest BCUT2D eigenvalue weighted by molar-refractivity contribution is 7.92. The molecule has 0 saturated carbocycles. The summed E-state index contributed by atoms with van der Waals surface area (Å²) in [4.78, 5) is 0.0858. The molecule has 2 aromatic rings. The molecule has 0 fully saturated rings. The Morgan fingerprint density at radius 1 is 1.17 bits per heavy atom. The van der Waals surface area contributed by atoms with Crippen LogP contribution in [0.1, 0.15) is 37.0 Å². The van der Waals surface area contributed by atoms with Crippen molar-refractivity contribution in [3.05, 3.63) is 53.6 Å². The zero-order chi connectivity index (χ0) is 17.3. The molecule has 2 aromatic carbocycles. The van der Waals surface area contributed by atoms with Crippen LogP contribution in [0.3, 0.4) is 0 Å². The molecule has 0 saturated heterocycles. The minimum Gasteiger partial charge on any atom is -0.494 e. The maximum Gasteiger partial charge on any atom is 0.264 e. The second-order valence-corrected chi connectivity index (χ2v) is 7.77. The third-order valence-electron chi connectivity index (χ3n) is 4.26. The Kier molecular flexibility index (Phi) is 4.51.